The van der Waals surface area contributed by atoms with Gasteiger partial charge >= 0.3 is 96.6 Å². The van der Waals surface area contributed by atoms with Crippen LogP contribution in [-0.2, 0) is 96.6 Å². The van der Waals surface area contributed by atoms with Crippen LogP contribution in [0.15, 0.2) is 365 Å². The van der Waals surface area contributed by atoms with E-state index in [4.69, 9.17) is 9.97 Å². The Labute approximate surface area is 925 Å². The summed E-state index contributed by atoms with van der Waals surface area (Å²) in [4.78, 5) is 36.3. The van der Waals surface area contributed by atoms with Gasteiger partial charge in [-0.25, -0.2) is 88.7 Å². The Bertz CT molecular complexity index is 9110. The van der Waals surface area contributed by atoms with E-state index in [1.807, 2.05) is 155 Å². The van der Waals surface area contributed by atoms with Crippen LogP contribution in [-0.4, -0.2) is 85.0 Å². The largest absolute Gasteiger partial charge is 2.00 e. The first-order valence-corrected chi connectivity index (χ1v) is 48.3. The van der Waals surface area contributed by atoms with E-state index < -0.39 is 30.2 Å². The Morgan fingerprint density at radius 1 is 0.240 bits per heavy atom. The molecule has 24 rings (SSSR count). The second-order valence-electron chi connectivity index (χ2n) is 37.0. The molecule has 0 amide bonds. The third kappa shape index (κ3) is 22.0. The van der Waals surface area contributed by atoms with Gasteiger partial charge in [0, 0.05) is 93.5 Å². The molecule has 0 bridgehead atoms. The quantitative estimate of drug-likeness (QED) is 0.0532. The first-order valence-electron chi connectivity index (χ1n) is 48.3. The molecule has 0 saturated carbocycles. The average molecular weight is 2690 g/mol. The smallest absolute Gasteiger partial charge is 0.314 e. The molecular weight excluding hydrogens is 2590 g/mol. The van der Waals surface area contributed by atoms with Crippen molar-refractivity contribution in [3.05, 3.63) is 458 Å². The number of hydrogen-bond donors (Lipinski definition) is 0. The number of aryl methyl sites for hydroxylation is 6. The van der Waals surface area contributed by atoms with Gasteiger partial charge in [0.1, 0.15) is 23.3 Å². The second-order valence-corrected chi connectivity index (χ2v) is 37.0. The van der Waals surface area contributed by atoms with Gasteiger partial charge in [-0.1, -0.05) is 134 Å². The van der Waals surface area contributed by atoms with E-state index in [0.717, 1.165) is 196 Å². The number of benzene rings is 12. The normalized spacial score (nSPS) is 11.3. The van der Waals surface area contributed by atoms with Gasteiger partial charge in [-0.3, -0.25) is 19.9 Å². The fourth-order valence-electron chi connectivity index (χ4n) is 19.3. The first-order chi connectivity index (χ1) is 70.8. The summed E-state index contributed by atoms with van der Waals surface area (Å²) in [6.07, 6.45) is 2.96. The molecule has 0 atom stereocenters. The van der Waals surface area contributed by atoms with E-state index in [9.17, 15) is 26.3 Å². The Morgan fingerprint density at radius 3 is 0.900 bits per heavy atom. The molecule has 0 aliphatic rings. The molecule has 0 fully saturated rings. The van der Waals surface area contributed by atoms with Crippen LogP contribution in [0.1, 0.15) is 44.6 Å². The molecule has 12 heterocycles. The van der Waals surface area contributed by atoms with Crippen LogP contribution in [0.4, 0.5) is 26.3 Å². The summed E-state index contributed by atoms with van der Waals surface area (Å²) in [5, 5.41) is 9.04. The summed E-state index contributed by atoms with van der Waals surface area (Å²) in [5.74, 6) is 3.42. The van der Waals surface area contributed by atoms with Crippen molar-refractivity contribution in [3.8, 4) is 67.8 Å². The van der Waals surface area contributed by atoms with E-state index in [0.29, 0.717) is 11.1 Å². The topological polar surface area (TPSA) is 123 Å². The summed E-state index contributed by atoms with van der Waals surface area (Å²) in [5.41, 5.74) is 26.8. The maximum Gasteiger partial charge on any atom is 2.00 e. The molecular formula is C124H90B4F6N12Pt4. The number of alkyl halides is 6. The third-order valence-electron chi connectivity index (χ3n) is 27.0. The van der Waals surface area contributed by atoms with E-state index in [1.54, 1.807) is 25.3 Å². The molecule has 0 saturated heterocycles. The van der Waals surface area contributed by atoms with Gasteiger partial charge in [0.05, 0.1) is 11.1 Å². The SMILES string of the molecule is CB(c1[c-]c(-c2[c-]c3c(cc2)c2ccccc2n3-c2cc(C)ccn2)ccc1)c1cc(C(F)(F)F)ccn1.CB(c1[c-]c(-c2[c-]c3c(cc2)c2ccccc2n3-c2cc(C)ccn2)ccc1)c1ccc(C)cn1.CB(c1[c-]c(-c2[c-]c3c(cc2)c2ccccc2n3-c2cc(C)ccn2)ccc1)c1cccc(C)n1.CB(c1[c-]c(-c2[c-]c3c(cc2)c2ccccc2n3-c2cc(C)ccn2)ccc1)c1ncccc1C(F)(F)F.[Pt+2].[Pt+2].[Pt+2].[Pt+2]. The number of aromatic nitrogens is 12. The van der Waals surface area contributed by atoms with Crippen molar-refractivity contribution in [2.75, 3.05) is 0 Å². The number of pyridine rings is 8. The van der Waals surface area contributed by atoms with Crippen molar-refractivity contribution in [1.29, 1.82) is 0 Å². The molecule has 150 heavy (non-hydrogen) atoms. The molecule has 26 heteroatoms. The van der Waals surface area contributed by atoms with Crippen molar-refractivity contribution in [2.24, 2.45) is 0 Å². The summed E-state index contributed by atoms with van der Waals surface area (Å²) in [6, 6.07) is 134. The minimum Gasteiger partial charge on any atom is -0.314 e. The van der Waals surface area contributed by atoms with Crippen molar-refractivity contribution in [3.63, 3.8) is 0 Å². The zero-order valence-corrected chi connectivity index (χ0v) is 91.9. The molecule has 0 radical (unpaired) electrons. The van der Waals surface area contributed by atoms with Crippen LogP contribution in [0.2, 0.25) is 27.3 Å². The van der Waals surface area contributed by atoms with E-state index in [2.05, 4.69) is 313 Å². The van der Waals surface area contributed by atoms with Gasteiger partial charge in [0.25, 0.3) is 0 Å². The minimum absolute atomic E-state index is 0. The van der Waals surface area contributed by atoms with Gasteiger partial charge in [0.2, 0.25) is 26.9 Å². The van der Waals surface area contributed by atoms with Crippen LogP contribution in [0, 0.1) is 90.1 Å². The van der Waals surface area contributed by atoms with Crippen molar-refractivity contribution in [2.45, 2.75) is 81.2 Å². The maximum absolute atomic E-state index is 13.6. The first kappa shape index (κ1) is 107. The van der Waals surface area contributed by atoms with Crippen LogP contribution < -0.4 is 44.2 Å². The number of rotatable bonds is 16. The van der Waals surface area contributed by atoms with Gasteiger partial charge in [-0.15, -0.1) is 48.5 Å². The Morgan fingerprint density at radius 2 is 0.567 bits per heavy atom. The van der Waals surface area contributed by atoms with E-state index in [1.165, 1.54) is 56.7 Å². The Hall–Kier alpha value is -14.4. The number of halogens is 6. The molecule has 0 spiro atoms. The molecule has 0 aliphatic heterocycles. The predicted octanol–water partition coefficient (Wildman–Crippen LogP) is 24.2. The maximum atomic E-state index is 13.6. The van der Waals surface area contributed by atoms with Crippen LogP contribution >= 0.6 is 0 Å². The molecule has 0 unspecified atom stereocenters. The average Bonchev–Trinajstić information content (AvgIpc) is 1.60. The summed E-state index contributed by atoms with van der Waals surface area (Å²) in [6.45, 7) is 19.6. The Balaban J connectivity index is 0.000000135. The van der Waals surface area contributed by atoms with E-state index in [-0.39, 0.29) is 110 Å². The van der Waals surface area contributed by atoms with Gasteiger partial charge in [-0.2, -0.15) is 145 Å². The van der Waals surface area contributed by atoms with Crippen molar-refractivity contribution in [1.82, 2.24) is 58.1 Å². The zero-order chi connectivity index (χ0) is 101. The standard InChI is InChI=1S/2C31H21BF3N3.2C31H24BN3.4Pt/c1-20-14-16-36-29(17-20)38-27-11-4-3-9-24(27)25-13-12-22(19-28(25)38)21-7-5-8-23(18-21)32(2)30-26(31(33,34)35)10-6-15-37-30;1-20-12-14-37-30(16-20)38-27-9-4-3-8-25(27)26-11-10-22(18-28(26)38)21-6-5-7-24(17-21)32(2)29-19-23(13-15-36-29)31(33,34)35;1-21-16-17-33-31(18-21)35-28-12-5-4-11-26(28)27-15-14-24(20-29(27)35)23-9-7-10-25(19-23)32(3)30-13-6-8-22(2)34-30;1-21-15-16-33-31(17-21)35-28-10-5-4-9-26(28)27-13-12-24(19-29(27)35)23-7-6-8-25(18-23)32(3)30-14-11-22(2)20-34-30;;;;/h3-17H,1-2H3;3-16,19H,1-2H3;4-18H,1-3H3;4-17,20H,1-3H3;;;;/q4*-2;4*+2. The number of para-hydroxylation sites is 4. The van der Waals surface area contributed by atoms with Crippen molar-refractivity contribution < 1.29 is 111 Å². The molecule has 12 aromatic carbocycles. The van der Waals surface area contributed by atoms with Crippen LogP contribution in [0.25, 0.3) is 155 Å². The predicted molar refractivity (Wildman–Crippen MR) is 586 cm³/mol. The molecule has 24 aromatic rings. The zero-order valence-electron chi connectivity index (χ0n) is 82.8. The molecule has 12 nitrogen and oxygen atoms in total. The number of fused-ring (bicyclic) bond motifs is 12. The van der Waals surface area contributed by atoms with E-state index >= 15 is 0 Å². The van der Waals surface area contributed by atoms with Gasteiger partial charge < -0.3 is 18.3 Å². The van der Waals surface area contributed by atoms with Crippen molar-refractivity contribution >= 4 is 158 Å². The summed E-state index contributed by atoms with van der Waals surface area (Å²) in [7, 11) is 0. The fourth-order valence-corrected chi connectivity index (χ4v) is 19.3. The number of hydrogen-bond acceptors (Lipinski definition) is 8. The van der Waals surface area contributed by atoms with Crippen LogP contribution in [0.3, 0.4) is 0 Å². The minimum atomic E-state index is -4.48. The fraction of sp³-hybridized carbons (Fsp3) is 0.0968. The molecule has 0 N–H and O–H groups in total. The van der Waals surface area contributed by atoms with Crippen LogP contribution in [0.5, 0.6) is 0 Å². The molecule has 740 valence electrons. The third-order valence-corrected chi connectivity index (χ3v) is 27.0. The number of nitrogens with zero attached hydrogens (tertiary/aromatic N) is 12. The van der Waals surface area contributed by atoms with Gasteiger partial charge in [0.15, 0.2) is 0 Å². The monoisotopic (exact) mass is 2680 g/mol. The molecule has 0 aliphatic carbocycles. The Kier molecular flexibility index (Phi) is 32.5. The summed E-state index contributed by atoms with van der Waals surface area (Å²) < 4.78 is 89.3. The second kappa shape index (κ2) is 45.6. The van der Waals surface area contributed by atoms with Gasteiger partial charge in [-0.05, 0) is 228 Å². The summed E-state index contributed by atoms with van der Waals surface area (Å²) >= 11 is 0. The molecule has 12 aromatic heterocycles.